The molecule has 4 rings (SSSR count). The Morgan fingerprint density at radius 3 is 2.08 bits per heavy atom. The number of carbonyl (C=O) groups is 2. The Morgan fingerprint density at radius 2 is 1.55 bits per heavy atom. The van der Waals surface area contributed by atoms with E-state index in [9.17, 15) is 27.9 Å². The highest BCUT2D eigenvalue weighted by molar-refractivity contribution is 6.34. The smallest absolute Gasteiger partial charge is 0.371 e. The molecule has 40 heavy (non-hydrogen) atoms. The van der Waals surface area contributed by atoms with E-state index in [1.807, 2.05) is 12.1 Å². The second-order valence-electron chi connectivity index (χ2n) is 11.0. The van der Waals surface area contributed by atoms with Gasteiger partial charge in [0.05, 0.1) is 10.6 Å². The molecule has 0 unspecified atom stereocenters. The molecule has 2 aliphatic heterocycles. The van der Waals surface area contributed by atoms with Crippen molar-refractivity contribution < 1.29 is 27.9 Å². The monoisotopic (exact) mass is 599 g/mol. The van der Waals surface area contributed by atoms with Gasteiger partial charge in [-0.15, -0.1) is 0 Å². The van der Waals surface area contributed by atoms with Crippen LogP contribution in [0.5, 0.6) is 0 Å². The fraction of sp³-hybridized carbons (Fsp3) is 0.517. The number of piperidine rings is 2. The molecule has 2 aromatic rings. The molecule has 2 fully saturated rings. The van der Waals surface area contributed by atoms with Gasteiger partial charge in [0, 0.05) is 56.5 Å². The summed E-state index contributed by atoms with van der Waals surface area (Å²) in [6.07, 6.45) is -1.12. The Labute approximate surface area is 242 Å². The molecule has 0 saturated carbocycles. The van der Waals surface area contributed by atoms with Crippen molar-refractivity contribution in [1.82, 2.24) is 9.80 Å². The van der Waals surface area contributed by atoms with Crippen molar-refractivity contribution >= 4 is 40.7 Å². The van der Waals surface area contributed by atoms with Crippen molar-refractivity contribution in [2.75, 3.05) is 45.2 Å². The number of likely N-dealkylation sites (tertiary alicyclic amines) is 1. The van der Waals surface area contributed by atoms with Gasteiger partial charge >= 0.3 is 6.18 Å². The minimum atomic E-state index is -5.19. The molecule has 2 aliphatic rings. The summed E-state index contributed by atoms with van der Waals surface area (Å²) in [5.41, 5.74) is -2.77. The van der Waals surface area contributed by atoms with Crippen LogP contribution in [-0.4, -0.2) is 73.2 Å². The van der Waals surface area contributed by atoms with E-state index in [1.165, 1.54) is 17.0 Å². The maximum Gasteiger partial charge on any atom is 0.430 e. The lowest BCUT2D eigenvalue weighted by molar-refractivity contribution is -0.262. The van der Waals surface area contributed by atoms with E-state index in [4.69, 9.17) is 23.2 Å². The number of hydrogen-bond acceptors (Lipinski definition) is 4. The van der Waals surface area contributed by atoms with E-state index in [0.29, 0.717) is 35.3 Å². The van der Waals surface area contributed by atoms with Crippen molar-refractivity contribution in [1.29, 1.82) is 0 Å². The van der Waals surface area contributed by atoms with Gasteiger partial charge in [-0.05, 0) is 74.3 Å². The highest BCUT2D eigenvalue weighted by Crippen LogP contribution is 2.42. The van der Waals surface area contributed by atoms with Crippen molar-refractivity contribution in [3.8, 4) is 0 Å². The number of anilines is 1. The maximum atomic E-state index is 14.0. The number of alkyl halides is 3. The fourth-order valence-corrected chi connectivity index (χ4v) is 6.18. The molecule has 1 N–H and O–H groups in total. The Kier molecular flexibility index (Phi) is 9.27. The molecule has 0 radical (unpaired) electrons. The van der Waals surface area contributed by atoms with Gasteiger partial charge in [0.25, 0.3) is 17.4 Å². The molecule has 0 bridgehead atoms. The number of amides is 2. The first kappa shape index (κ1) is 30.5. The van der Waals surface area contributed by atoms with Crippen LogP contribution in [0.25, 0.3) is 0 Å². The molecule has 2 aromatic carbocycles. The third-order valence-corrected chi connectivity index (χ3v) is 8.65. The van der Waals surface area contributed by atoms with E-state index < -0.39 is 23.2 Å². The minimum Gasteiger partial charge on any atom is -0.371 e. The summed E-state index contributed by atoms with van der Waals surface area (Å²) in [7, 11) is 3.37. The highest BCUT2D eigenvalue weighted by Gasteiger charge is 2.62. The van der Waals surface area contributed by atoms with Gasteiger partial charge in [0.2, 0.25) is 0 Å². The molecule has 1 atom stereocenters. The van der Waals surface area contributed by atoms with E-state index in [1.54, 1.807) is 20.2 Å². The number of rotatable bonds is 6. The number of carbonyl (C=O) groups excluding carboxylic acids is 2. The van der Waals surface area contributed by atoms with Crippen LogP contribution in [0.15, 0.2) is 42.5 Å². The van der Waals surface area contributed by atoms with Crippen molar-refractivity contribution in [2.45, 2.75) is 43.9 Å². The number of benzene rings is 2. The van der Waals surface area contributed by atoms with E-state index in [0.717, 1.165) is 55.1 Å². The molecular formula is C29H34Cl2F3N3O3. The summed E-state index contributed by atoms with van der Waals surface area (Å²) in [6.45, 7) is 2.02. The normalized spacial score (nSPS) is 18.9. The van der Waals surface area contributed by atoms with Crippen molar-refractivity contribution in [3.05, 3.63) is 63.6 Å². The van der Waals surface area contributed by atoms with Gasteiger partial charge in [0.15, 0.2) is 0 Å². The Hall–Kier alpha value is -2.49. The van der Waals surface area contributed by atoms with Gasteiger partial charge in [-0.1, -0.05) is 35.3 Å². The second kappa shape index (κ2) is 12.2. The van der Waals surface area contributed by atoms with Crippen molar-refractivity contribution in [2.24, 2.45) is 11.8 Å². The van der Waals surface area contributed by atoms with Gasteiger partial charge in [-0.25, -0.2) is 0 Å². The SMILES string of the molecule is CN(C)C(=O)c1ccc(N2CCC(CC3CCN(C(=O)[C@](O)(c4cccc(Cl)c4)C(F)(F)F)CC3)CC2)cc1Cl. The largest absolute Gasteiger partial charge is 0.430 e. The molecular weight excluding hydrogens is 566 g/mol. The van der Waals surface area contributed by atoms with E-state index in [2.05, 4.69) is 4.90 Å². The van der Waals surface area contributed by atoms with Crippen LogP contribution in [0.2, 0.25) is 10.0 Å². The Balaban J connectivity index is 1.30. The summed E-state index contributed by atoms with van der Waals surface area (Å²) < 4.78 is 42.0. The lowest BCUT2D eigenvalue weighted by Gasteiger charge is -2.40. The average molecular weight is 601 g/mol. The molecule has 2 amide bonds. The fourth-order valence-electron chi connectivity index (χ4n) is 5.74. The molecule has 0 aromatic heterocycles. The van der Waals surface area contributed by atoms with Gasteiger partial charge in [-0.2, -0.15) is 13.2 Å². The molecule has 11 heteroatoms. The lowest BCUT2D eigenvalue weighted by Crippen LogP contribution is -2.57. The zero-order valence-electron chi connectivity index (χ0n) is 22.6. The summed E-state index contributed by atoms with van der Waals surface area (Å²) >= 11 is 12.2. The van der Waals surface area contributed by atoms with Crippen LogP contribution in [0.1, 0.15) is 48.0 Å². The van der Waals surface area contributed by atoms with Crippen LogP contribution < -0.4 is 4.90 Å². The first-order valence-corrected chi connectivity index (χ1v) is 14.2. The predicted octanol–water partition coefficient (Wildman–Crippen LogP) is 5.99. The molecule has 218 valence electrons. The maximum absolute atomic E-state index is 14.0. The minimum absolute atomic E-state index is 0.0114. The molecule has 0 spiro atoms. The van der Waals surface area contributed by atoms with E-state index in [-0.39, 0.29) is 24.0 Å². The van der Waals surface area contributed by atoms with Crippen LogP contribution >= 0.6 is 23.2 Å². The van der Waals surface area contributed by atoms with Crippen LogP contribution in [-0.2, 0) is 10.4 Å². The zero-order valence-corrected chi connectivity index (χ0v) is 24.1. The van der Waals surface area contributed by atoms with Gasteiger partial charge < -0.3 is 19.8 Å². The second-order valence-corrected chi connectivity index (χ2v) is 11.8. The summed E-state index contributed by atoms with van der Waals surface area (Å²) in [6, 6.07) is 10.2. The lowest BCUT2D eigenvalue weighted by atomic mass is 9.82. The third kappa shape index (κ3) is 6.37. The van der Waals surface area contributed by atoms with Crippen LogP contribution in [0.3, 0.4) is 0 Å². The molecule has 0 aliphatic carbocycles. The first-order valence-electron chi connectivity index (χ1n) is 13.4. The highest BCUT2D eigenvalue weighted by atomic mass is 35.5. The van der Waals surface area contributed by atoms with Gasteiger partial charge in [0.1, 0.15) is 0 Å². The number of aliphatic hydroxyl groups is 1. The first-order chi connectivity index (χ1) is 18.8. The number of hydrogen-bond donors (Lipinski definition) is 1. The van der Waals surface area contributed by atoms with Gasteiger partial charge in [-0.3, -0.25) is 9.59 Å². The van der Waals surface area contributed by atoms with Crippen LogP contribution in [0.4, 0.5) is 18.9 Å². The molecule has 2 heterocycles. The topological polar surface area (TPSA) is 64.1 Å². The number of halogens is 5. The Bertz CT molecular complexity index is 1230. The summed E-state index contributed by atoms with van der Waals surface area (Å²) in [4.78, 5) is 30.2. The zero-order chi connectivity index (χ0) is 29.2. The van der Waals surface area contributed by atoms with E-state index >= 15 is 0 Å². The van der Waals surface area contributed by atoms with Crippen LogP contribution in [0, 0.1) is 11.8 Å². The molecule has 6 nitrogen and oxygen atoms in total. The predicted molar refractivity (Wildman–Crippen MR) is 150 cm³/mol. The Morgan fingerprint density at radius 1 is 0.950 bits per heavy atom. The van der Waals surface area contributed by atoms with Crippen molar-refractivity contribution in [3.63, 3.8) is 0 Å². The number of nitrogens with zero attached hydrogens (tertiary/aromatic N) is 3. The third-order valence-electron chi connectivity index (χ3n) is 8.10. The quantitative estimate of drug-likeness (QED) is 0.443. The average Bonchev–Trinajstić information content (AvgIpc) is 2.92. The summed E-state index contributed by atoms with van der Waals surface area (Å²) in [5.74, 6) is -0.717. The standard InChI is InChI=1S/C29H34Cl2F3N3O3/c1-35(2)26(38)24-7-6-23(18-25(24)31)36-12-8-19(9-13-36)16-20-10-14-37(15-11-20)27(39)28(40,29(32,33)34)21-4-3-5-22(30)17-21/h3-7,17-20,40H,8-16H2,1-2H3/t28-/m1/s1. The summed E-state index contributed by atoms with van der Waals surface area (Å²) in [5, 5.41) is 11.1. The molecule has 2 saturated heterocycles.